The summed E-state index contributed by atoms with van der Waals surface area (Å²) in [6.45, 7) is 0. The Hall–Kier alpha value is -2.34. The fraction of sp³-hybridized carbons (Fsp3) is 0.143. The molecule has 5 nitrogen and oxygen atoms in total. The summed E-state index contributed by atoms with van der Waals surface area (Å²) in [5.41, 5.74) is 6.05. The number of nitrogens with zero attached hydrogens (tertiary/aromatic N) is 1. The van der Waals surface area contributed by atoms with E-state index in [1.807, 2.05) is 0 Å². The van der Waals surface area contributed by atoms with Crippen LogP contribution in [0.1, 0.15) is 5.69 Å². The number of hydrogen-bond donors (Lipinski definition) is 1. The Morgan fingerprint density at radius 3 is 2.25 bits per heavy atom. The van der Waals surface area contributed by atoms with Gasteiger partial charge in [0.1, 0.15) is 27.9 Å². The third-order valence-electron chi connectivity index (χ3n) is 2.56. The third-order valence-corrected chi connectivity index (χ3v) is 2.75. The topological polar surface area (TPSA) is 66.6 Å². The first-order chi connectivity index (χ1) is 9.63. The molecule has 0 unspecified atom stereocenters. The highest BCUT2D eigenvalue weighted by atomic mass is 32.1. The van der Waals surface area contributed by atoms with E-state index in [1.54, 1.807) is 50.7 Å². The number of aromatic nitrogens is 1. The van der Waals surface area contributed by atoms with Crippen molar-refractivity contribution in [1.82, 2.24) is 4.98 Å². The smallest absolute Gasteiger partial charge is 0.156 e. The highest BCUT2D eigenvalue weighted by Crippen LogP contribution is 2.31. The van der Waals surface area contributed by atoms with Crippen LogP contribution in [0.15, 0.2) is 36.5 Å². The van der Waals surface area contributed by atoms with Crippen LogP contribution in [0.4, 0.5) is 0 Å². The molecular formula is C14H14N2O3S. The Morgan fingerprint density at radius 1 is 1.10 bits per heavy atom. The number of rotatable bonds is 5. The van der Waals surface area contributed by atoms with Crippen molar-refractivity contribution in [2.75, 3.05) is 14.2 Å². The molecule has 2 rings (SSSR count). The number of methoxy groups -OCH3 is 2. The van der Waals surface area contributed by atoms with Crippen molar-refractivity contribution < 1.29 is 14.2 Å². The van der Waals surface area contributed by atoms with Crippen LogP contribution in [0.25, 0.3) is 0 Å². The van der Waals surface area contributed by atoms with Crippen LogP contribution in [0.5, 0.6) is 23.0 Å². The van der Waals surface area contributed by atoms with Crippen molar-refractivity contribution >= 4 is 17.2 Å². The summed E-state index contributed by atoms with van der Waals surface area (Å²) in [5.74, 6) is 2.28. The van der Waals surface area contributed by atoms with Crippen LogP contribution in [0, 0.1) is 0 Å². The van der Waals surface area contributed by atoms with Gasteiger partial charge in [-0.25, -0.2) is 4.98 Å². The third kappa shape index (κ3) is 3.16. The van der Waals surface area contributed by atoms with Crippen molar-refractivity contribution in [3.05, 3.63) is 42.2 Å². The van der Waals surface area contributed by atoms with E-state index in [0.717, 1.165) is 0 Å². The zero-order chi connectivity index (χ0) is 14.5. The van der Waals surface area contributed by atoms with Crippen LogP contribution in [0.2, 0.25) is 0 Å². The number of benzene rings is 1. The monoisotopic (exact) mass is 290 g/mol. The highest BCUT2D eigenvalue weighted by Gasteiger charge is 2.10. The predicted molar refractivity (Wildman–Crippen MR) is 79.7 cm³/mol. The zero-order valence-corrected chi connectivity index (χ0v) is 11.9. The Bertz CT molecular complexity index is 609. The van der Waals surface area contributed by atoms with Gasteiger partial charge in [-0.3, -0.25) is 0 Å². The summed E-state index contributed by atoms with van der Waals surface area (Å²) >= 11 is 4.95. The van der Waals surface area contributed by atoms with Crippen LogP contribution >= 0.6 is 12.2 Å². The molecular weight excluding hydrogens is 276 g/mol. The molecule has 0 saturated heterocycles. The number of ether oxygens (including phenoxy) is 3. The lowest BCUT2D eigenvalue weighted by atomic mass is 10.3. The van der Waals surface area contributed by atoms with Gasteiger partial charge < -0.3 is 19.9 Å². The molecule has 0 aliphatic heterocycles. The maximum atomic E-state index is 5.77. The van der Waals surface area contributed by atoms with Gasteiger partial charge in [0.05, 0.1) is 14.2 Å². The summed E-state index contributed by atoms with van der Waals surface area (Å²) < 4.78 is 16.1. The van der Waals surface area contributed by atoms with Gasteiger partial charge in [0, 0.05) is 24.4 Å². The molecule has 2 N–H and O–H groups in total. The number of nitrogens with two attached hydrogens (primary N) is 1. The summed E-state index contributed by atoms with van der Waals surface area (Å²) in [4.78, 5) is 4.28. The lowest BCUT2D eigenvalue weighted by molar-refractivity contribution is 0.386. The highest BCUT2D eigenvalue weighted by molar-refractivity contribution is 7.80. The first-order valence-electron chi connectivity index (χ1n) is 5.79. The van der Waals surface area contributed by atoms with E-state index < -0.39 is 0 Å². The SMILES string of the molecule is COc1cc(OC)cc(Oc2cccnc2C(N)=S)c1. The molecule has 104 valence electrons. The molecule has 0 radical (unpaired) electrons. The van der Waals surface area contributed by atoms with E-state index in [0.29, 0.717) is 28.7 Å². The molecule has 20 heavy (non-hydrogen) atoms. The molecule has 0 spiro atoms. The summed E-state index contributed by atoms with van der Waals surface area (Å²) in [6, 6.07) is 8.71. The quantitative estimate of drug-likeness (QED) is 0.854. The van der Waals surface area contributed by atoms with Crippen molar-refractivity contribution in [3.63, 3.8) is 0 Å². The molecule has 0 fully saturated rings. The van der Waals surface area contributed by atoms with Crippen LogP contribution in [0.3, 0.4) is 0 Å². The Kier molecular flexibility index (Phi) is 4.37. The van der Waals surface area contributed by atoms with Gasteiger partial charge in [-0.2, -0.15) is 0 Å². The average molecular weight is 290 g/mol. The molecule has 0 bridgehead atoms. The van der Waals surface area contributed by atoms with Crippen LogP contribution in [-0.2, 0) is 0 Å². The molecule has 0 saturated carbocycles. The molecule has 1 aromatic heterocycles. The Morgan fingerprint density at radius 2 is 1.70 bits per heavy atom. The van der Waals surface area contributed by atoms with Gasteiger partial charge in [-0.05, 0) is 12.1 Å². The first-order valence-corrected chi connectivity index (χ1v) is 6.20. The largest absolute Gasteiger partial charge is 0.496 e. The Balaban J connectivity index is 2.37. The minimum Gasteiger partial charge on any atom is -0.496 e. The summed E-state index contributed by atoms with van der Waals surface area (Å²) in [7, 11) is 3.14. The van der Waals surface area contributed by atoms with E-state index in [9.17, 15) is 0 Å². The second-order valence-electron chi connectivity index (χ2n) is 3.86. The molecule has 6 heteroatoms. The number of pyridine rings is 1. The Labute approximate surface area is 122 Å². The summed E-state index contributed by atoms with van der Waals surface area (Å²) in [5, 5.41) is 0. The van der Waals surface area contributed by atoms with E-state index in [1.165, 1.54) is 0 Å². The second-order valence-corrected chi connectivity index (χ2v) is 4.30. The molecule has 0 amide bonds. The van der Waals surface area contributed by atoms with Crippen molar-refractivity contribution in [2.24, 2.45) is 5.73 Å². The van der Waals surface area contributed by atoms with Gasteiger partial charge in [0.2, 0.25) is 0 Å². The molecule has 1 heterocycles. The van der Waals surface area contributed by atoms with E-state index in [4.69, 9.17) is 32.2 Å². The molecule has 0 aliphatic carbocycles. The lowest BCUT2D eigenvalue weighted by Gasteiger charge is -2.11. The van der Waals surface area contributed by atoms with E-state index >= 15 is 0 Å². The van der Waals surface area contributed by atoms with Gasteiger partial charge >= 0.3 is 0 Å². The fourth-order valence-corrected chi connectivity index (χ4v) is 1.78. The molecule has 0 aliphatic rings. The van der Waals surface area contributed by atoms with E-state index in [-0.39, 0.29) is 4.99 Å². The average Bonchev–Trinajstić information content (AvgIpc) is 2.47. The number of thiocarbonyl (C=S) groups is 1. The normalized spacial score (nSPS) is 9.90. The predicted octanol–water partition coefficient (Wildman–Crippen LogP) is 2.53. The molecule has 0 atom stereocenters. The van der Waals surface area contributed by atoms with Gasteiger partial charge in [-0.1, -0.05) is 12.2 Å². The first kappa shape index (κ1) is 14.1. The van der Waals surface area contributed by atoms with E-state index in [2.05, 4.69) is 4.98 Å². The molecule has 2 aromatic rings. The maximum absolute atomic E-state index is 5.77. The van der Waals surface area contributed by atoms with Crippen molar-refractivity contribution in [1.29, 1.82) is 0 Å². The van der Waals surface area contributed by atoms with Crippen molar-refractivity contribution in [3.8, 4) is 23.0 Å². The minimum absolute atomic E-state index is 0.176. The minimum atomic E-state index is 0.176. The summed E-state index contributed by atoms with van der Waals surface area (Å²) in [6.07, 6.45) is 1.60. The number of hydrogen-bond acceptors (Lipinski definition) is 5. The lowest BCUT2D eigenvalue weighted by Crippen LogP contribution is -2.12. The molecule has 1 aromatic carbocycles. The van der Waals surface area contributed by atoms with Gasteiger partial charge in [0.25, 0.3) is 0 Å². The fourth-order valence-electron chi connectivity index (χ4n) is 1.63. The van der Waals surface area contributed by atoms with Gasteiger partial charge in [-0.15, -0.1) is 0 Å². The van der Waals surface area contributed by atoms with Crippen molar-refractivity contribution in [2.45, 2.75) is 0 Å². The van der Waals surface area contributed by atoms with Crippen LogP contribution < -0.4 is 19.9 Å². The second kappa shape index (κ2) is 6.21. The maximum Gasteiger partial charge on any atom is 0.156 e. The van der Waals surface area contributed by atoms with Crippen LogP contribution in [-0.4, -0.2) is 24.2 Å². The van der Waals surface area contributed by atoms with Gasteiger partial charge in [0.15, 0.2) is 5.75 Å². The zero-order valence-electron chi connectivity index (χ0n) is 11.1. The standard InChI is InChI=1S/C14H14N2O3S/c1-17-9-6-10(18-2)8-11(7-9)19-12-4-3-5-16-13(12)14(15)20/h3-8H,1-2H3,(H2,15,20).